The number of methoxy groups -OCH3 is 1. The highest BCUT2D eigenvalue weighted by molar-refractivity contribution is 5.94. The quantitative estimate of drug-likeness (QED) is 0.833. The number of hydrogen-bond donors (Lipinski definition) is 0. The maximum Gasteiger partial charge on any atom is 0.254 e. The van der Waals surface area contributed by atoms with Crippen molar-refractivity contribution < 1.29 is 23.1 Å². The zero-order valence-electron chi connectivity index (χ0n) is 11.6. The summed E-state index contributed by atoms with van der Waals surface area (Å²) >= 11 is 0. The van der Waals surface area contributed by atoms with Crippen LogP contribution in [0.15, 0.2) is 18.2 Å². The Hall–Kier alpha value is -2.02. The molecule has 1 aliphatic rings. The van der Waals surface area contributed by atoms with Gasteiger partial charge in [0.2, 0.25) is 5.91 Å². The molecular weight excluding hydrogens is 282 g/mol. The average Bonchev–Trinajstić information content (AvgIpc) is 2.50. The molecular formula is C14H16F2N2O3. The van der Waals surface area contributed by atoms with E-state index in [4.69, 9.17) is 4.74 Å². The lowest BCUT2D eigenvalue weighted by Gasteiger charge is -2.34. The van der Waals surface area contributed by atoms with E-state index in [-0.39, 0.29) is 24.0 Å². The molecule has 1 heterocycles. The molecule has 0 aromatic heterocycles. The van der Waals surface area contributed by atoms with Gasteiger partial charge in [0.15, 0.2) is 11.6 Å². The van der Waals surface area contributed by atoms with E-state index in [9.17, 15) is 18.4 Å². The van der Waals surface area contributed by atoms with Crippen LogP contribution in [0.4, 0.5) is 8.78 Å². The van der Waals surface area contributed by atoms with Crippen LogP contribution >= 0.6 is 0 Å². The SMILES string of the molecule is COCC(=O)N1CCN(C(=O)c2ccc(F)c(F)c2)CC1. The minimum absolute atomic E-state index is 0.0110. The van der Waals surface area contributed by atoms with Gasteiger partial charge in [-0.1, -0.05) is 0 Å². The number of ether oxygens (including phenoxy) is 1. The zero-order chi connectivity index (χ0) is 15.4. The number of hydrogen-bond acceptors (Lipinski definition) is 3. The van der Waals surface area contributed by atoms with E-state index >= 15 is 0 Å². The number of carbonyl (C=O) groups is 2. The highest BCUT2D eigenvalue weighted by atomic mass is 19.2. The lowest BCUT2D eigenvalue weighted by Crippen LogP contribution is -2.51. The number of piperazine rings is 1. The highest BCUT2D eigenvalue weighted by Crippen LogP contribution is 2.13. The van der Waals surface area contributed by atoms with Crippen molar-refractivity contribution in [1.29, 1.82) is 0 Å². The van der Waals surface area contributed by atoms with Crippen molar-refractivity contribution in [2.45, 2.75) is 0 Å². The maximum absolute atomic E-state index is 13.1. The van der Waals surface area contributed by atoms with Crippen LogP contribution in [-0.4, -0.2) is 61.5 Å². The molecule has 7 heteroatoms. The smallest absolute Gasteiger partial charge is 0.254 e. The summed E-state index contributed by atoms with van der Waals surface area (Å²) in [6.07, 6.45) is 0. The van der Waals surface area contributed by atoms with Crippen molar-refractivity contribution >= 4 is 11.8 Å². The molecule has 1 saturated heterocycles. The van der Waals surface area contributed by atoms with Crippen LogP contribution in [0.3, 0.4) is 0 Å². The van der Waals surface area contributed by atoms with Crippen LogP contribution < -0.4 is 0 Å². The van der Waals surface area contributed by atoms with Gasteiger partial charge in [-0.05, 0) is 18.2 Å². The molecule has 1 fully saturated rings. The minimum atomic E-state index is -1.05. The molecule has 0 N–H and O–H groups in total. The molecule has 1 aromatic rings. The van der Waals surface area contributed by atoms with Crippen molar-refractivity contribution in [1.82, 2.24) is 9.80 Å². The van der Waals surface area contributed by atoms with E-state index in [1.165, 1.54) is 18.1 Å². The Morgan fingerprint density at radius 2 is 1.71 bits per heavy atom. The van der Waals surface area contributed by atoms with Crippen LogP contribution in [0.5, 0.6) is 0 Å². The summed E-state index contributed by atoms with van der Waals surface area (Å²) in [6.45, 7) is 1.52. The fraction of sp³-hybridized carbons (Fsp3) is 0.429. The molecule has 21 heavy (non-hydrogen) atoms. The first-order chi connectivity index (χ1) is 10.0. The second kappa shape index (κ2) is 6.62. The van der Waals surface area contributed by atoms with Crippen LogP contribution in [0.1, 0.15) is 10.4 Å². The Kier molecular flexibility index (Phi) is 4.85. The van der Waals surface area contributed by atoms with Gasteiger partial charge in [-0.3, -0.25) is 9.59 Å². The molecule has 0 saturated carbocycles. The summed E-state index contributed by atoms with van der Waals surface area (Å²) in [5.41, 5.74) is 0.102. The van der Waals surface area contributed by atoms with Crippen molar-refractivity contribution in [3.63, 3.8) is 0 Å². The second-order valence-electron chi connectivity index (χ2n) is 4.73. The average molecular weight is 298 g/mol. The third-order valence-electron chi connectivity index (χ3n) is 3.35. The van der Waals surface area contributed by atoms with Gasteiger partial charge in [-0.25, -0.2) is 8.78 Å². The fourth-order valence-electron chi connectivity index (χ4n) is 2.19. The van der Waals surface area contributed by atoms with Gasteiger partial charge in [-0.2, -0.15) is 0 Å². The normalized spacial score (nSPS) is 15.2. The van der Waals surface area contributed by atoms with E-state index in [0.29, 0.717) is 26.2 Å². The van der Waals surface area contributed by atoms with Gasteiger partial charge in [0.25, 0.3) is 5.91 Å². The first-order valence-corrected chi connectivity index (χ1v) is 6.54. The molecule has 1 aliphatic heterocycles. The summed E-state index contributed by atoms with van der Waals surface area (Å²) in [4.78, 5) is 26.9. The van der Waals surface area contributed by atoms with Crippen LogP contribution in [0.2, 0.25) is 0 Å². The maximum atomic E-state index is 13.1. The molecule has 2 rings (SSSR count). The molecule has 0 aliphatic carbocycles. The topological polar surface area (TPSA) is 49.9 Å². The van der Waals surface area contributed by atoms with Crippen LogP contribution in [0.25, 0.3) is 0 Å². The zero-order valence-corrected chi connectivity index (χ0v) is 11.6. The molecule has 0 radical (unpaired) electrons. The van der Waals surface area contributed by atoms with Crippen LogP contribution in [0, 0.1) is 11.6 Å². The summed E-state index contributed by atoms with van der Waals surface area (Å²) in [5, 5.41) is 0. The largest absolute Gasteiger partial charge is 0.375 e. The third kappa shape index (κ3) is 3.55. The third-order valence-corrected chi connectivity index (χ3v) is 3.35. The number of benzene rings is 1. The Bertz CT molecular complexity index is 543. The number of halogens is 2. The predicted octanol–water partition coefficient (Wildman–Crippen LogP) is 0.896. The Morgan fingerprint density at radius 3 is 2.29 bits per heavy atom. The highest BCUT2D eigenvalue weighted by Gasteiger charge is 2.25. The summed E-state index contributed by atoms with van der Waals surface area (Å²) in [5.74, 6) is -2.53. The number of carbonyl (C=O) groups excluding carboxylic acids is 2. The summed E-state index contributed by atoms with van der Waals surface area (Å²) in [7, 11) is 1.45. The number of nitrogens with zero attached hydrogens (tertiary/aromatic N) is 2. The fourth-order valence-corrected chi connectivity index (χ4v) is 2.19. The standard InChI is InChI=1S/C14H16F2N2O3/c1-21-9-13(19)17-4-6-18(7-5-17)14(20)10-2-3-11(15)12(16)8-10/h2-3,8H,4-7,9H2,1H3. The van der Waals surface area contributed by atoms with E-state index < -0.39 is 11.6 Å². The molecule has 1 aromatic carbocycles. The molecule has 5 nitrogen and oxygen atoms in total. The molecule has 0 unspecified atom stereocenters. The van der Waals surface area contributed by atoms with E-state index in [1.54, 1.807) is 4.90 Å². The van der Waals surface area contributed by atoms with E-state index in [2.05, 4.69) is 0 Å². The molecule has 0 atom stereocenters. The summed E-state index contributed by atoms with van der Waals surface area (Å²) < 4.78 is 30.8. The monoisotopic (exact) mass is 298 g/mol. The van der Waals surface area contributed by atoms with Crippen molar-refractivity contribution in [2.24, 2.45) is 0 Å². The Morgan fingerprint density at radius 1 is 1.10 bits per heavy atom. The van der Waals surface area contributed by atoms with Crippen molar-refractivity contribution in [3.8, 4) is 0 Å². The van der Waals surface area contributed by atoms with Gasteiger partial charge in [0.1, 0.15) is 6.61 Å². The second-order valence-corrected chi connectivity index (χ2v) is 4.73. The van der Waals surface area contributed by atoms with Gasteiger partial charge in [0, 0.05) is 38.9 Å². The Balaban J connectivity index is 1.97. The molecule has 0 bridgehead atoms. The van der Waals surface area contributed by atoms with Gasteiger partial charge in [-0.15, -0.1) is 0 Å². The Labute approximate surface area is 121 Å². The van der Waals surface area contributed by atoms with E-state index in [1.807, 2.05) is 0 Å². The van der Waals surface area contributed by atoms with E-state index in [0.717, 1.165) is 12.1 Å². The van der Waals surface area contributed by atoms with Crippen molar-refractivity contribution in [2.75, 3.05) is 39.9 Å². The lowest BCUT2D eigenvalue weighted by atomic mass is 10.1. The molecule has 2 amide bonds. The van der Waals surface area contributed by atoms with Gasteiger partial charge >= 0.3 is 0 Å². The lowest BCUT2D eigenvalue weighted by molar-refractivity contribution is -0.136. The van der Waals surface area contributed by atoms with Gasteiger partial charge in [0.05, 0.1) is 0 Å². The predicted molar refractivity (Wildman–Crippen MR) is 70.7 cm³/mol. The minimum Gasteiger partial charge on any atom is -0.375 e. The molecule has 0 spiro atoms. The first-order valence-electron chi connectivity index (χ1n) is 6.54. The number of rotatable bonds is 3. The van der Waals surface area contributed by atoms with Gasteiger partial charge < -0.3 is 14.5 Å². The number of amides is 2. The van der Waals surface area contributed by atoms with Crippen LogP contribution in [-0.2, 0) is 9.53 Å². The summed E-state index contributed by atoms with van der Waals surface area (Å²) in [6, 6.07) is 3.07. The van der Waals surface area contributed by atoms with Crippen molar-refractivity contribution in [3.05, 3.63) is 35.4 Å². The molecule has 114 valence electrons. The first kappa shape index (κ1) is 15.4.